The Morgan fingerprint density at radius 2 is 2.31 bits per heavy atom. The maximum atomic E-state index is 5.78. The van der Waals surface area contributed by atoms with E-state index in [2.05, 4.69) is 16.4 Å². The third-order valence-electron chi connectivity index (χ3n) is 2.94. The standard InChI is InChI=1S/C12H14N2O.ClH/c1-8-4-5-11-10(14-8)7-12(15-11)9-3-2-6-13-9;/h4-5,7,9,13H,2-3,6H2,1H3;1H/t9-;/m1./s1. The number of rotatable bonds is 1. The Morgan fingerprint density at radius 1 is 1.44 bits per heavy atom. The van der Waals surface area contributed by atoms with Crippen molar-refractivity contribution in [1.82, 2.24) is 10.3 Å². The number of aromatic nitrogens is 1. The molecule has 16 heavy (non-hydrogen) atoms. The number of furan rings is 1. The highest BCUT2D eigenvalue weighted by Crippen LogP contribution is 2.28. The first-order valence-corrected chi connectivity index (χ1v) is 5.43. The van der Waals surface area contributed by atoms with Gasteiger partial charge in [-0.2, -0.15) is 0 Å². The molecule has 3 rings (SSSR count). The number of nitrogens with zero attached hydrogens (tertiary/aromatic N) is 1. The van der Waals surface area contributed by atoms with Gasteiger partial charge in [-0.15, -0.1) is 12.4 Å². The molecule has 1 aliphatic heterocycles. The van der Waals surface area contributed by atoms with Crippen LogP contribution in [0.5, 0.6) is 0 Å². The topological polar surface area (TPSA) is 38.1 Å². The number of hydrogen-bond donors (Lipinski definition) is 1. The minimum absolute atomic E-state index is 0. The Labute approximate surface area is 101 Å². The molecule has 1 N–H and O–H groups in total. The van der Waals surface area contributed by atoms with Gasteiger partial charge in [0.1, 0.15) is 11.3 Å². The van der Waals surface area contributed by atoms with Gasteiger partial charge in [-0.1, -0.05) is 0 Å². The van der Waals surface area contributed by atoms with E-state index in [0.29, 0.717) is 6.04 Å². The molecule has 0 saturated carbocycles. The molecule has 1 atom stereocenters. The second-order valence-corrected chi connectivity index (χ2v) is 4.13. The SMILES string of the molecule is Cc1ccc2oc([C@H]3CCCN3)cc2n1.Cl. The van der Waals surface area contributed by atoms with Crippen LogP contribution in [0.2, 0.25) is 0 Å². The maximum Gasteiger partial charge on any atom is 0.152 e. The summed E-state index contributed by atoms with van der Waals surface area (Å²) in [5.74, 6) is 1.03. The van der Waals surface area contributed by atoms with Crippen LogP contribution in [0.15, 0.2) is 22.6 Å². The molecular formula is C12H15ClN2O. The van der Waals surface area contributed by atoms with Gasteiger partial charge in [0.15, 0.2) is 5.58 Å². The van der Waals surface area contributed by atoms with E-state index in [9.17, 15) is 0 Å². The number of pyridine rings is 1. The molecule has 2 aromatic heterocycles. The molecule has 1 aliphatic rings. The zero-order valence-electron chi connectivity index (χ0n) is 9.19. The van der Waals surface area contributed by atoms with Gasteiger partial charge in [0.2, 0.25) is 0 Å². The van der Waals surface area contributed by atoms with E-state index in [-0.39, 0.29) is 12.4 Å². The highest BCUT2D eigenvalue weighted by atomic mass is 35.5. The lowest BCUT2D eigenvalue weighted by atomic mass is 10.2. The lowest BCUT2D eigenvalue weighted by Gasteiger charge is -2.04. The quantitative estimate of drug-likeness (QED) is 0.830. The maximum absolute atomic E-state index is 5.78. The first kappa shape index (κ1) is 11.4. The normalized spacial score (nSPS) is 19.9. The zero-order valence-corrected chi connectivity index (χ0v) is 10.0. The largest absolute Gasteiger partial charge is 0.458 e. The summed E-state index contributed by atoms with van der Waals surface area (Å²) in [5, 5.41) is 3.43. The van der Waals surface area contributed by atoms with Gasteiger partial charge < -0.3 is 9.73 Å². The van der Waals surface area contributed by atoms with Crippen LogP contribution in [0.3, 0.4) is 0 Å². The van der Waals surface area contributed by atoms with Crippen LogP contribution in [0, 0.1) is 6.92 Å². The molecule has 0 bridgehead atoms. The summed E-state index contributed by atoms with van der Waals surface area (Å²) < 4.78 is 5.78. The third-order valence-corrected chi connectivity index (χ3v) is 2.94. The zero-order chi connectivity index (χ0) is 10.3. The molecule has 4 heteroatoms. The van der Waals surface area contributed by atoms with Crippen molar-refractivity contribution in [3.63, 3.8) is 0 Å². The fourth-order valence-corrected chi connectivity index (χ4v) is 2.14. The molecular weight excluding hydrogens is 224 g/mol. The molecule has 0 aromatic carbocycles. The van der Waals surface area contributed by atoms with E-state index < -0.39 is 0 Å². The molecule has 1 saturated heterocycles. The van der Waals surface area contributed by atoms with Crippen molar-refractivity contribution in [2.75, 3.05) is 6.54 Å². The average Bonchev–Trinajstić information content (AvgIpc) is 2.84. The number of nitrogens with one attached hydrogen (secondary N) is 1. The summed E-state index contributed by atoms with van der Waals surface area (Å²) in [7, 11) is 0. The smallest absolute Gasteiger partial charge is 0.152 e. The van der Waals surface area contributed by atoms with E-state index in [0.717, 1.165) is 29.1 Å². The molecule has 0 unspecified atom stereocenters. The summed E-state index contributed by atoms with van der Waals surface area (Å²) >= 11 is 0. The summed E-state index contributed by atoms with van der Waals surface area (Å²) in [4.78, 5) is 4.45. The third kappa shape index (κ3) is 1.93. The molecule has 0 aliphatic carbocycles. The molecule has 3 heterocycles. The van der Waals surface area contributed by atoms with E-state index in [4.69, 9.17) is 4.42 Å². The first-order valence-electron chi connectivity index (χ1n) is 5.43. The number of fused-ring (bicyclic) bond motifs is 1. The molecule has 0 radical (unpaired) electrons. The minimum atomic E-state index is 0. The molecule has 0 amide bonds. The highest BCUT2D eigenvalue weighted by molar-refractivity contribution is 5.85. The van der Waals surface area contributed by atoms with Gasteiger partial charge in [0, 0.05) is 11.8 Å². The predicted molar refractivity (Wildman–Crippen MR) is 66.0 cm³/mol. The van der Waals surface area contributed by atoms with E-state index >= 15 is 0 Å². The van der Waals surface area contributed by atoms with Crippen molar-refractivity contribution in [2.45, 2.75) is 25.8 Å². The Kier molecular flexibility index (Phi) is 3.17. The molecule has 3 nitrogen and oxygen atoms in total. The highest BCUT2D eigenvalue weighted by Gasteiger charge is 2.20. The Hall–Kier alpha value is -1.06. The second kappa shape index (κ2) is 4.44. The van der Waals surface area contributed by atoms with Crippen molar-refractivity contribution in [3.8, 4) is 0 Å². The van der Waals surface area contributed by atoms with Crippen molar-refractivity contribution in [1.29, 1.82) is 0 Å². The van der Waals surface area contributed by atoms with Gasteiger partial charge in [-0.3, -0.25) is 0 Å². The predicted octanol–water partition coefficient (Wildman–Crippen LogP) is 2.98. The lowest BCUT2D eigenvalue weighted by Crippen LogP contribution is -2.11. The van der Waals surface area contributed by atoms with Gasteiger partial charge in [-0.25, -0.2) is 4.98 Å². The van der Waals surface area contributed by atoms with Crippen LogP contribution in [0.1, 0.15) is 30.3 Å². The van der Waals surface area contributed by atoms with Crippen LogP contribution in [-0.4, -0.2) is 11.5 Å². The van der Waals surface area contributed by atoms with Gasteiger partial charge in [-0.05, 0) is 38.4 Å². The van der Waals surface area contributed by atoms with Crippen molar-refractivity contribution >= 4 is 23.5 Å². The van der Waals surface area contributed by atoms with Crippen LogP contribution >= 0.6 is 12.4 Å². The molecule has 2 aromatic rings. The fraction of sp³-hybridized carbons (Fsp3) is 0.417. The number of hydrogen-bond acceptors (Lipinski definition) is 3. The fourth-order valence-electron chi connectivity index (χ4n) is 2.14. The summed E-state index contributed by atoms with van der Waals surface area (Å²) in [5.41, 5.74) is 2.90. The van der Waals surface area contributed by atoms with E-state index in [1.807, 2.05) is 19.1 Å². The summed E-state index contributed by atoms with van der Waals surface area (Å²) in [6.45, 7) is 3.09. The van der Waals surface area contributed by atoms with Gasteiger partial charge >= 0.3 is 0 Å². The van der Waals surface area contributed by atoms with Crippen molar-refractivity contribution in [2.24, 2.45) is 0 Å². The average molecular weight is 239 g/mol. The van der Waals surface area contributed by atoms with Crippen LogP contribution in [0.25, 0.3) is 11.1 Å². The van der Waals surface area contributed by atoms with Crippen LogP contribution in [-0.2, 0) is 0 Å². The monoisotopic (exact) mass is 238 g/mol. The Balaban J connectivity index is 0.000000963. The van der Waals surface area contributed by atoms with Gasteiger partial charge in [0.25, 0.3) is 0 Å². The van der Waals surface area contributed by atoms with Crippen molar-refractivity contribution in [3.05, 3.63) is 29.7 Å². The first-order chi connectivity index (χ1) is 7.33. The molecule has 86 valence electrons. The van der Waals surface area contributed by atoms with Crippen LogP contribution < -0.4 is 5.32 Å². The Morgan fingerprint density at radius 3 is 3.06 bits per heavy atom. The summed E-state index contributed by atoms with van der Waals surface area (Å²) in [6, 6.07) is 6.43. The van der Waals surface area contributed by atoms with Crippen molar-refractivity contribution < 1.29 is 4.42 Å². The number of halogens is 1. The van der Waals surface area contributed by atoms with E-state index in [1.54, 1.807) is 0 Å². The summed E-state index contributed by atoms with van der Waals surface area (Å²) in [6.07, 6.45) is 2.40. The lowest BCUT2D eigenvalue weighted by molar-refractivity contribution is 0.471. The molecule has 1 fully saturated rings. The van der Waals surface area contributed by atoms with E-state index in [1.165, 1.54) is 12.8 Å². The second-order valence-electron chi connectivity index (χ2n) is 4.13. The van der Waals surface area contributed by atoms with Gasteiger partial charge in [0.05, 0.1) is 6.04 Å². The number of aryl methyl sites for hydroxylation is 1. The van der Waals surface area contributed by atoms with Crippen LogP contribution in [0.4, 0.5) is 0 Å². The Bertz CT molecular complexity index is 489. The molecule has 0 spiro atoms. The minimum Gasteiger partial charge on any atom is -0.458 e.